The zero-order valence-electron chi connectivity index (χ0n) is 10.2. The molecule has 0 atom stereocenters. The Kier molecular flexibility index (Phi) is 2.64. The average Bonchev–Trinajstić information content (AvgIpc) is 2.86. The van der Waals surface area contributed by atoms with Crippen LogP contribution in [0.4, 0.5) is 5.82 Å². The van der Waals surface area contributed by atoms with E-state index in [1.165, 1.54) is 0 Å². The molecule has 0 radical (unpaired) electrons. The maximum atomic E-state index is 5.81. The molecule has 0 amide bonds. The quantitative estimate of drug-likeness (QED) is 0.729. The Bertz CT molecular complexity index is 705. The van der Waals surface area contributed by atoms with Gasteiger partial charge in [-0.15, -0.1) is 0 Å². The van der Waals surface area contributed by atoms with Gasteiger partial charge in [0.05, 0.1) is 11.9 Å². The fraction of sp³-hybridized carbons (Fsp3) is 0.0833. The molecule has 0 unspecified atom stereocenters. The molecule has 0 bridgehead atoms. The van der Waals surface area contributed by atoms with E-state index in [0.717, 1.165) is 5.56 Å². The fourth-order valence-electron chi connectivity index (χ4n) is 1.68. The van der Waals surface area contributed by atoms with Gasteiger partial charge in [-0.2, -0.15) is 5.10 Å². The van der Waals surface area contributed by atoms with E-state index in [-0.39, 0.29) is 0 Å². The summed E-state index contributed by atoms with van der Waals surface area (Å²) < 4.78 is 1.70. The highest BCUT2D eigenvalue weighted by Crippen LogP contribution is 2.20. The van der Waals surface area contributed by atoms with Crippen LogP contribution in [-0.4, -0.2) is 29.7 Å². The van der Waals surface area contributed by atoms with E-state index in [9.17, 15) is 0 Å². The fourth-order valence-corrected chi connectivity index (χ4v) is 1.68. The maximum absolute atomic E-state index is 5.81. The van der Waals surface area contributed by atoms with Gasteiger partial charge in [0.25, 0.3) is 0 Å². The second-order valence-electron chi connectivity index (χ2n) is 3.98. The zero-order chi connectivity index (χ0) is 13.2. The van der Waals surface area contributed by atoms with E-state index in [0.29, 0.717) is 23.2 Å². The lowest BCUT2D eigenvalue weighted by Crippen LogP contribution is -2.00. The number of aromatic nitrogens is 6. The Labute approximate surface area is 109 Å². The molecule has 0 aliphatic heterocycles. The van der Waals surface area contributed by atoms with Crippen molar-refractivity contribution in [3.63, 3.8) is 0 Å². The van der Waals surface area contributed by atoms with Gasteiger partial charge in [0.15, 0.2) is 11.6 Å². The van der Waals surface area contributed by atoms with Gasteiger partial charge in [-0.1, -0.05) is 0 Å². The molecule has 3 heterocycles. The number of aryl methyl sites for hydroxylation is 1. The Hall–Kier alpha value is -2.83. The van der Waals surface area contributed by atoms with E-state index in [4.69, 9.17) is 5.73 Å². The van der Waals surface area contributed by atoms with Crippen molar-refractivity contribution in [3.8, 4) is 22.9 Å². The number of rotatable bonds is 2. The number of nitrogens with zero attached hydrogens (tertiary/aromatic N) is 6. The predicted molar refractivity (Wildman–Crippen MR) is 69.7 cm³/mol. The van der Waals surface area contributed by atoms with Crippen molar-refractivity contribution < 1.29 is 0 Å². The SMILES string of the molecule is Cn1cc(-c2cc(N)nc(-c3ncccn3)n2)cn1. The molecule has 94 valence electrons. The molecule has 0 saturated heterocycles. The van der Waals surface area contributed by atoms with Gasteiger partial charge in [0, 0.05) is 37.3 Å². The zero-order valence-corrected chi connectivity index (χ0v) is 10.2. The highest BCUT2D eigenvalue weighted by atomic mass is 15.2. The smallest absolute Gasteiger partial charge is 0.200 e. The summed E-state index contributed by atoms with van der Waals surface area (Å²) in [7, 11) is 1.84. The summed E-state index contributed by atoms with van der Waals surface area (Å²) >= 11 is 0. The van der Waals surface area contributed by atoms with Gasteiger partial charge in [-0.3, -0.25) is 4.68 Å². The Morgan fingerprint density at radius 3 is 2.58 bits per heavy atom. The van der Waals surface area contributed by atoms with Gasteiger partial charge in [0.2, 0.25) is 0 Å². The lowest BCUT2D eigenvalue weighted by atomic mass is 10.2. The number of hydrogen-bond donors (Lipinski definition) is 1. The molecular weight excluding hydrogens is 242 g/mol. The van der Waals surface area contributed by atoms with Crippen LogP contribution in [0.5, 0.6) is 0 Å². The number of nitrogen functional groups attached to an aromatic ring is 1. The van der Waals surface area contributed by atoms with Crippen LogP contribution >= 0.6 is 0 Å². The molecule has 0 saturated carbocycles. The number of hydrogen-bond acceptors (Lipinski definition) is 6. The highest BCUT2D eigenvalue weighted by Gasteiger charge is 2.10. The molecular formula is C12H11N7. The Balaban J connectivity index is 2.11. The van der Waals surface area contributed by atoms with E-state index in [1.807, 2.05) is 13.2 Å². The minimum atomic E-state index is 0.372. The summed E-state index contributed by atoms with van der Waals surface area (Å²) in [4.78, 5) is 16.8. The monoisotopic (exact) mass is 253 g/mol. The first-order chi connectivity index (χ1) is 9.22. The first kappa shape index (κ1) is 11.3. The van der Waals surface area contributed by atoms with Crippen LogP contribution in [-0.2, 0) is 7.05 Å². The van der Waals surface area contributed by atoms with Crippen molar-refractivity contribution in [2.45, 2.75) is 0 Å². The summed E-state index contributed by atoms with van der Waals surface area (Å²) in [5, 5.41) is 4.11. The third-order valence-corrected chi connectivity index (χ3v) is 2.51. The summed E-state index contributed by atoms with van der Waals surface area (Å²) in [5.74, 6) is 1.22. The van der Waals surface area contributed by atoms with Gasteiger partial charge >= 0.3 is 0 Å². The minimum Gasteiger partial charge on any atom is -0.384 e. The van der Waals surface area contributed by atoms with Crippen molar-refractivity contribution >= 4 is 5.82 Å². The van der Waals surface area contributed by atoms with Crippen LogP contribution in [0.3, 0.4) is 0 Å². The normalized spacial score (nSPS) is 10.6. The van der Waals surface area contributed by atoms with E-state index >= 15 is 0 Å². The van der Waals surface area contributed by atoms with E-state index in [2.05, 4.69) is 25.0 Å². The Morgan fingerprint density at radius 1 is 1.11 bits per heavy atom. The topological polar surface area (TPSA) is 95.4 Å². The van der Waals surface area contributed by atoms with Crippen LogP contribution in [0, 0.1) is 0 Å². The van der Waals surface area contributed by atoms with Crippen molar-refractivity contribution in [1.82, 2.24) is 29.7 Å². The molecule has 0 aliphatic rings. The third kappa shape index (κ3) is 2.25. The van der Waals surface area contributed by atoms with Crippen molar-refractivity contribution in [2.75, 3.05) is 5.73 Å². The van der Waals surface area contributed by atoms with Crippen LogP contribution in [0.25, 0.3) is 22.9 Å². The summed E-state index contributed by atoms with van der Waals surface area (Å²) in [5.41, 5.74) is 7.37. The average molecular weight is 253 g/mol. The molecule has 0 fully saturated rings. The summed E-state index contributed by atoms with van der Waals surface area (Å²) in [6.07, 6.45) is 6.85. The number of nitrogens with two attached hydrogens (primary N) is 1. The number of anilines is 1. The Morgan fingerprint density at radius 2 is 1.89 bits per heavy atom. The summed E-state index contributed by atoms with van der Waals surface area (Å²) in [6, 6.07) is 3.43. The molecule has 0 aliphatic carbocycles. The molecule has 2 N–H and O–H groups in total. The molecule has 0 aromatic carbocycles. The lowest BCUT2D eigenvalue weighted by molar-refractivity contribution is 0.768. The lowest BCUT2D eigenvalue weighted by Gasteiger charge is -2.03. The van der Waals surface area contributed by atoms with Gasteiger partial charge in [0.1, 0.15) is 5.82 Å². The first-order valence-electron chi connectivity index (χ1n) is 5.63. The standard InChI is InChI=1S/C12H11N7/c1-19-7-8(6-16-19)9-5-10(13)18-12(17-9)11-14-3-2-4-15-11/h2-7H,1H3,(H2,13,17,18). The molecule has 7 heteroatoms. The maximum Gasteiger partial charge on any atom is 0.200 e. The molecule has 3 aromatic rings. The van der Waals surface area contributed by atoms with Crippen LogP contribution in [0.1, 0.15) is 0 Å². The third-order valence-electron chi connectivity index (χ3n) is 2.51. The predicted octanol–water partition coefficient (Wildman–Crippen LogP) is 0.916. The molecule has 0 spiro atoms. The van der Waals surface area contributed by atoms with Crippen LogP contribution in [0.15, 0.2) is 36.9 Å². The van der Waals surface area contributed by atoms with Gasteiger partial charge < -0.3 is 5.73 Å². The second kappa shape index (κ2) is 4.45. The van der Waals surface area contributed by atoms with E-state index in [1.54, 1.807) is 35.4 Å². The van der Waals surface area contributed by atoms with Crippen molar-refractivity contribution in [3.05, 3.63) is 36.9 Å². The van der Waals surface area contributed by atoms with E-state index < -0.39 is 0 Å². The van der Waals surface area contributed by atoms with Crippen LogP contribution < -0.4 is 5.73 Å². The van der Waals surface area contributed by atoms with Crippen LogP contribution in [0.2, 0.25) is 0 Å². The van der Waals surface area contributed by atoms with Crippen molar-refractivity contribution in [1.29, 1.82) is 0 Å². The molecule has 3 aromatic heterocycles. The van der Waals surface area contributed by atoms with Crippen molar-refractivity contribution in [2.24, 2.45) is 7.05 Å². The highest BCUT2D eigenvalue weighted by molar-refractivity contribution is 5.63. The molecule has 3 rings (SSSR count). The molecule has 7 nitrogen and oxygen atoms in total. The first-order valence-corrected chi connectivity index (χ1v) is 5.63. The summed E-state index contributed by atoms with van der Waals surface area (Å²) in [6.45, 7) is 0. The minimum absolute atomic E-state index is 0.372. The van der Waals surface area contributed by atoms with Gasteiger partial charge in [-0.25, -0.2) is 19.9 Å². The molecule has 19 heavy (non-hydrogen) atoms. The largest absolute Gasteiger partial charge is 0.384 e. The van der Waals surface area contributed by atoms with Gasteiger partial charge in [-0.05, 0) is 6.07 Å². The second-order valence-corrected chi connectivity index (χ2v) is 3.98.